The smallest absolute Gasteiger partial charge is 0.223 e. The Labute approximate surface area is 77.5 Å². The first kappa shape index (κ1) is 7.80. The molecular formula is C10H15NO2. The number of carbonyl (C=O) groups is 1. The summed E-state index contributed by atoms with van der Waals surface area (Å²) in [5, 5.41) is 12.9. The van der Waals surface area contributed by atoms with Gasteiger partial charge < -0.3 is 10.4 Å². The van der Waals surface area contributed by atoms with Crippen molar-refractivity contribution >= 4 is 5.91 Å². The zero-order chi connectivity index (χ0) is 9.00. The van der Waals surface area contributed by atoms with Gasteiger partial charge in [-0.15, -0.1) is 0 Å². The molecule has 2 N–H and O–H groups in total. The van der Waals surface area contributed by atoms with E-state index in [0.29, 0.717) is 11.8 Å². The Morgan fingerprint density at radius 1 is 1.23 bits per heavy atom. The highest BCUT2D eigenvalue weighted by molar-refractivity contribution is 5.80. The van der Waals surface area contributed by atoms with E-state index in [-0.39, 0.29) is 24.0 Å². The summed E-state index contributed by atoms with van der Waals surface area (Å²) in [6.45, 7) is 0. The first-order valence-corrected chi connectivity index (χ1v) is 5.22. The minimum absolute atomic E-state index is 0.0590. The molecule has 0 unspecified atom stereocenters. The molecule has 0 aromatic carbocycles. The molecule has 4 bridgehead atoms. The number of nitrogens with one attached hydrogen (secondary N) is 1. The Kier molecular flexibility index (Phi) is 1.48. The van der Waals surface area contributed by atoms with Crippen molar-refractivity contribution in [2.45, 2.75) is 37.8 Å². The van der Waals surface area contributed by atoms with Crippen LogP contribution in [0.25, 0.3) is 0 Å². The monoisotopic (exact) mass is 181 g/mol. The van der Waals surface area contributed by atoms with Crippen molar-refractivity contribution in [1.29, 1.82) is 0 Å². The van der Waals surface area contributed by atoms with Gasteiger partial charge in [0.25, 0.3) is 0 Å². The van der Waals surface area contributed by atoms with Crippen molar-refractivity contribution in [3.8, 4) is 0 Å². The van der Waals surface area contributed by atoms with Gasteiger partial charge in [-0.25, -0.2) is 0 Å². The molecule has 2 saturated carbocycles. The van der Waals surface area contributed by atoms with Gasteiger partial charge in [0, 0.05) is 5.92 Å². The highest BCUT2D eigenvalue weighted by Crippen LogP contribution is 2.45. The van der Waals surface area contributed by atoms with Crippen molar-refractivity contribution in [3.63, 3.8) is 0 Å². The van der Waals surface area contributed by atoms with Gasteiger partial charge in [-0.05, 0) is 37.5 Å². The molecule has 1 amide bonds. The fourth-order valence-electron chi connectivity index (χ4n) is 3.44. The predicted molar refractivity (Wildman–Crippen MR) is 46.9 cm³/mol. The van der Waals surface area contributed by atoms with Crippen LogP contribution < -0.4 is 5.32 Å². The van der Waals surface area contributed by atoms with Gasteiger partial charge in [0.05, 0.1) is 12.1 Å². The molecule has 72 valence electrons. The van der Waals surface area contributed by atoms with Gasteiger partial charge in [-0.3, -0.25) is 4.79 Å². The van der Waals surface area contributed by atoms with Crippen LogP contribution in [-0.4, -0.2) is 23.2 Å². The van der Waals surface area contributed by atoms with E-state index in [0.717, 1.165) is 25.7 Å². The van der Waals surface area contributed by atoms with Crippen LogP contribution in [0.2, 0.25) is 0 Å². The van der Waals surface area contributed by atoms with Crippen LogP contribution in [-0.2, 0) is 4.79 Å². The van der Waals surface area contributed by atoms with Crippen LogP contribution in [0.1, 0.15) is 25.7 Å². The lowest BCUT2D eigenvalue weighted by Crippen LogP contribution is -2.47. The Bertz CT molecular complexity index is 253. The Morgan fingerprint density at radius 2 is 2.08 bits per heavy atom. The molecule has 2 saturated heterocycles. The fraction of sp³-hybridized carbons (Fsp3) is 0.900. The van der Waals surface area contributed by atoms with Crippen LogP contribution in [0.3, 0.4) is 0 Å². The molecule has 2 heterocycles. The molecule has 2 aliphatic heterocycles. The van der Waals surface area contributed by atoms with Crippen LogP contribution in [0.4, 0.5) is 0 Å². The molecule has 0 spiro atoms. The lowest BCUT2D eigenvalue weighted by Gasteiger charge is -2.40. The molecule has 3 heteroatoms. The maximum absolute atomic E-state index is 11.6. The second-order valence-electron chi connectivity index (χ2n) is 4.87. The van der Waals surface area contributed by atoms with E-state index in [9.17, 15) is 9.90 Å². The number of fused-ring (bicyclic) bond motifs is 1. The normalized spacial score (nSPS) is 53.3. The molecule has 3 nitrogen and oxygen atoms in total. The fourth-order valence-corrected chi connectivity index (χ4v) is 3.44. The molecule has 13 heavy (non-hydrogen) atoms. The number of rotatable bonds is 0. The summed E-state index contributed by atoms with van der Waals surface area (Å²) in [5.74, 6) is 1.47. The van der Waals surface area contributed by atoms with Crippen LogP contribution in [0, 0.1) is 17.8 Å². The zero-order valence-corrected chi connectivity index (χ0v) is 7.57. The summed E-state index contributed by atoms with van der Waals surface area (Å²) >= 11 is 0. The number of carbonyl (C=O) groups excluding carboxylic acids is 1. The number of hydrogen-bond donors (Lipinski definition) is 2. The minimum atomic E-state index is -0.273. The molecule has 4 rings (SSSR count). The van der Waals surface area contributed by atoms with E-state index in [1.54, 1.807) is 0 Å². The van der Waals surface area contributed by atoms with E-state index in [2.05, 4.69) is 5.32 Å². The quantitative estimate of drug-likeness (QED) is 0.564. The van der Waals surface area contributed by atoms with E-state index in [1.165, 1.54) is 0 Å². The van der Waals surface area contributed by atoms with E-state index in [1.807, 2.05) is 0 Å². The van der Waals surface area contributed by atoms with Crippen molar-refractivity contribution in [2.75, 3.05) is 0 Å². The third-order valence-electron chi connectivity index (χ3n) is 4.02. The van der Waals surface area contributed by atoms with Gasteiger partial charge in [-0.1, -0.05) is 0 Å². The summed E-state index contributed by atoms with van der Waals surface area (Å²) in [5.41, 5.74) is 0. The molecule has 2 aliphatic carbocycles. The molecule has 0 aromatic heterocycles. The standard InChI is InChI=1S/C10H15NO2/c12-9-6-1-5-2-7(4-6)10(13)11-8(9)3-5/h5-9,12H,1-4H2,(H,11,13)/t5-,6+,7-,8+,9+/m0/s1. The lowest BCUT2D eigenvalue weighted by atomic mass is 9.67. The van der Waals surface area contributed by atoms with Crippen molar-refractivity contribution in [3.05, 3.63) is 0 Å². The van der Waals surface area contributed by atoms with E-state index in [4.69, 9.17) is 0 Å². The first-order chi connectivity index (χ1) is 6.24. The number of hydrogen-bond acceptors (Lipinski definition) is 2. The van der Waals surface area contributed by atoms with E-state index >= 15 is 0 Å². The Morgan fingerprint density at radius 3 is 2.92 bits per heavy atom. The molecular weight excluding hydrogens is 166 g/mol. The van der Waals surface area contributed by atoms with Crippen LogP contribution in [0.5, 0.6) is 0 Å². The molecule has 0 radical (unpaired) electrons. The second kappa shape index (κ2) is 2.47. The largest absolute Gasteiger partial charge is 0.391 e. The molecule has 5 atom stereocenters. The Hall–Kier alpha value is -0.570. The molecule has 4 aliphatic rings. The average Bonchev–Trinajstić information content (AvgIpc) is 2.26. The first-order valence-electron chi connectivity index (χ1n) is 5.22. The van der Waals surface area contributed by atoms with Crippen molar-refractivity contribution in [2.24, 2.45) is 17.8 Å². The van der Waals surface area contributed by atoms with Crippen LogP contribution >= 0.6 is 0 Å². The van der Waals surface area contributed by atoms with E-state index < -0.39 is 0 Å². The Balaban J connectivity index is 1.98. The molecule has 4 fully saturated rings. The highest BCUT2D eigenvalue weighted by Gasteiger charge is 2.47. The average molecular weight is 181 g/mol. The van der Waals surface area contributed by atoms with Gasteiger partial charge in [0.15, 0.2) is 0 Å². The van der Waals surface area contributed by atoms with Gasteiger partial charge in [0.1, 0.15) is 0 Å². The van der Waals surface area contributed by atoms with Gasteiger partial charge in [-0.2, -0.15) is 0 Å². The van der Waals surface area contributed by atoms with Gasteiger partial charge in [0.2, 0.25) is 5.91 Å². The predicted octanol–water partition coefficient (Wildman–Crippen LogP) is 0.282. The van der Waals surface area contributed by atoms with Crippen molar-refractivity contribution in [1.82, 2.24) is 5.32 Å². The summed E-state index contributed by atoms with van der Waals surface area (Å²) in [4.78, 5) is 11.6. The topological polar surface area (TPSA) is 49.3 Å². The lowest BCUT2D eigenvalue weighted by molar-refractivity contribution is -0.125. The molecule has 0 aromatic rings. The highest BCUT2D eigenvalue weighted by atomic mass is 16.3. The maximum atomic E-state index is 11.6. The second-order valence-corrected chi connectivity index (χ2v) is 4.87. The van der Waals surface area contributed by atoms with Gasteiger partial charge >= 0.3 is 0 Å². The third kappa shape index (κ3) is 1.03. The maximum Gasteiger partial charge on any atom is 0.223 e. The summed E-state index contributed by atoms with van der Waals surface area (Å²) in [6.07, 6.45) is 3.85. The number of amides is 1. The van der Waals surface area contributed by atoms with Crippen molar-refractivity contribution < 1.29 is 9.90 Å². The summed E-state index contributed by atoms with van der Waals surface area (Å²) in [6, 6.07) is 0.0590. The summed E-state index contributed by atoms with van der Waals surface area (Å²) in [7, 11) is 0. The van der Waals surface area contributed by atoms with Crippen LogP contribution in [0.15, 0.2) is 0 Å². The number of aliphatic hydroxyl groups is 1. The zero-order valence-electron chi connectivity index (χ0n) is 7.57. The third-order valence-corrected chi connectivity index (χ3v) is 4.02. The minimum Gasteiger partial charge on any atom is -0.391 e. The summed E-state index contributed by atoms with van der Waals surface area (Å²) < 4.78 is 0. The SMILES string of the molecule is O=C1N[C@@H]2C[C@@H]3C[C@H]1C[C@@H](C3)[C@H]2O. The number of aliphatic hydroxyl groups excluding tert-OH is 1.